The van der Waals surface area contributed by atoms with Crippen LogP contribution < -0.4 is 15.6 Å². The number of amides is 1. The molecule has 1 atom stereocenters. The lowest BCUT2D eigenvalue weighted by Gasteiger charge is -2.16. The van der Waals surface area contributed by atoms with Crippen molar-refractivity contribution >= 4 is 45.9 Å². The Kier molecular flexibility index (Phi) is 6.82. The van der Waals surface area contributed by atoms with E-state index in [1.807, 2.05) is 6.92 Å². The van der Waals surface area contributed by atoms with Gasteiger partial charge in [0.25, 0.3) is 5.56 Å². The van der Waals surface area contributed by atoms with Gasteiger partial charge in [0.05, 0.1) is 23.3 Å². The van der Waals surface area contributed by atoms with E-state index in [4.69, 9.17) is 16.3 Å². The number of aromatic nitrogens is 2. The monoisotopic (exact) mass is 431 g/mol. The highest BCUT2D eigenvalue weighted by Crippen LogP contribution is 2.25. The van der Waals surface area contributed by atoms with Crippen molar-refractivity contribution in [2.45, 2.75) is 37.2 Å². The topological polar surface area (TPSA) is 73.2 Å². The first-order valence-electron chi connectivity index (χ1n) is 9.24. The van der Waals surface area contributed by atoms with Crippen LogP contribution in [0.3, 0.4) is 0 Å². The van der Waals surface area contributed by atoms with E-state index in [-0.39, 0.29) is 11.5 Å². The summed E-state index contributed by atoms with van der Waals surface area (Å²) in [6.07, 6.45) is 0.776. The van der Waals surface area contributed by atoms with Crippen LogP contribution in [-0.2, 0) is 11.3 Å². The van der Waals surface area contributed by atoms with Crippen molar-refractivity contribution in [2.75, 3.05) is 12.4 Å². The van der Waals surface area contributed by atoms with Crippen molar-refractivity contribution in [1.82, 2.24) is 9.55 Å². The zero-order valence-corrected chi connectivity index (χ0v) is 18.0. The molecule has 0 saturated heterocycles. The molecule has 3 rings (SSSR count). The summed E-state index contributed by atoms with van der Waals surface area (Å²) in [6, 6.07) is 12.2. The van der Waals surface area contributed by atoms with E-state index in [1.54, 1.807) is 61.1 Å². The lowest BCUT2D eigenvalue weighted by molar-refractivity contribution is -0.115. The Morgan fingerprint density at radius 2 is 2.10 bits per heavy atom. The van der Waals surface area contributed by atoms with Crippen LogP contribution in [0.2, 0.25) is 5.02 Å². The molecule has 0 aliphatic carbocycles. The van der Waals surface area contributed by atoms with Crippen molar-refractivity contribution < 1.29 is 9.53 Å². The number of fused-ring (bicyclic) bond motifs is 1. The molecule has 0 radical (unpaired) electrons. The Morgan fingerprint density at radius 1 is 1.31 bits per heavy atom. The van der Waals surface area contributed by atoms with Gasteiger partial charge in [0.2, 0.25) is 5.91 Å². The summed E-state index contributed by atoms with van der Waals surface area (Å²) in [7, 11) is 1.57. The van der Waals surface area contributed by atoms with Gasteiger partial charge in [-0.25, -0.2) is 4.98 Å². The molecule has 1 N–H and O–H groups in total. The minimum Gasteiger partial charge on any atom is -0.497 e. The first-order chi connectivity index (χ1) is 13.9. The van der Waals surface area contributed by atoms with E-state index < -0.39 is 5.25 Å². The summed E-state index contributed by atoms with van der Waals surface area (Å²) < 4.78 is 6.80. The van der Waals surface area contributed by atoms with Crippen LogP contribution in [-0.4, -0.2) is 27.8 Å². The standard InChI is InChI=1S/C21H22ClN3O3S/c1-4-10-25-20(27)17-9-8-14(22)11-18(17)24-21(25)29-13(2)19(26)23-15-6-5-7-16(12-15)28-3/h5-9,11-13H,4,10H2,1-3H3,(H,23,26). The molecule has 0 fully saturated rings. The van der Waals surface area contributed by atoms with Crippen LogP contribution >= 0.6 is 23.4 Å². The summed E-state index contributed by atoms with van der Waals surface area (Å²) in [4.78, 5) is 30.2. The third-order valence-corrected chi connectivity index (χ3v) is 5.64. The van der Waals surface area contributed by atoms with Crippen LogP contribution in [0.1, 0.15) is 20.3 Å². The maximum absolute atomic E-state index is 12.9. The SMILES string of the molecule is CCCn1c(SC(C)C(=O)Nc2cccc(OC)c2)nc2cc(Cl)ccc2c1=O. The molecule has 1 aromatic heterocycles. The van der Waals surface area contributed by atoms with Gasteiger partial charge in [-0.2, -0.15) is 0 Å². The number of hydrogen-bond acceptors (Lipinski definition) is 5. The third kappa shape index (κ3) is 4.92. The van der Waals surface area contributed by atoms with Crippen molar-refractivity contribution in [1.29, 1.82) is 0 Å². The lowest BCUT2D eigenvalue weighted by Crippen LogP contribution is -2.27. The van der Waals surface area contributed by atoms with Gasteiger partial charge in [0.15, 0.2) is 5.16 Å². The van der Waals surface area contributed by atoms with Crippen molar-refractivity contribution in [3.63, 3.8) is 0 Å². The van der Waals surface area contributed by atoms with Gasteiger partial charge in [-0.1, -0.05) is 36.4 Å². The highest BCUT2D eigenvalue weighted by atomic mass is 35.5. The molecule has 1 unspecified atom stereocenters. The highest BCUT2D eigenvalue weighted by Gasteiger charge is 2.19. The Bertz CT molecular complexity index is 1100. The summed E-state index contributed by atoms with van der Waals surface area (Å²) in [6.45, 7) is 4.30. The van der Waals surface area contributed by atoms with Crippen molar-refractivity contribution in [2.24, 2.45) is 0 Å². The van der Waals surface area contributed by atoms with Crippen molar-refractivity contribution in [3.05, 3.63) is 57.8 Å². The first-order valence-corrected chi connectivity index (χ1v) is 10.5. The lowest BCUT2D eigenvalue weighted by atomic mass is 10.2. The number of thioether (sulfide) groups is 1. The molecule has 0 bridgehead atoms. The summed E-state index contributed by atoms with van der Waals surface area (Å²) in [5.41, 5.74) is 1.04. The fourth-order valence-corrected chi connectivity index (χ4v) is 3.94. The number of methoxy groups -OCH3 is 1. The van der Waals surface area contributed by atoms with E-state index >= 15 is 0 Å². The third-order valence-electron chi connectivity index (χ3n) is 4.32. The molecular formula is C21H22ClN3O3S. The van der Waals surface area contributed by atoms with Gasteiger partial charge in [-0.3, -0.25) is 14.2 Å². The number of carbonyl (C=O) groups excluding carboxylic acids is 1. The number of rotatable bonds is 7. The molecule has 0 spiro atoms. The molecule has 29 heavy (non-hydrogen) atoms. The molecule has 0 saturated carbocycles. The molecule has 152 valence electrons. The van der Waals surface area contributed by atoms with Gasteiger partial charge < -0.3 is 10.1 Å². The molecule has 1 amide bonds. The average molecular weight is 432 g/mol. The molecule has 0 aliphatic rings. The van der Waals surface area contributed by atoms with Gasteiger partial charge in [0.1, 0.15) is 5.75 Å². The summed E-state index contributed by atoms with van der Waals surface area (Å²) in [5, 5.41) is 3.93. The van der Waals surface area contributed by atoms with Crippen LogP contribution in [0.5, 0.6) is 5.75 Å². The minimum atomic E-state index is -0.465. The quantitative estimate of drug-likeness (QED) is 0.437. The molecule has 0 aliphatic heterocycles. The number of nitrogens with zero attached hydrogens (tertiary/aromatic N) is 2. The van der Waals surface area contributed by atoms with E-state index in [0.717, 1.165) is 6.42 Å². The normalized spacial score (nSPS) is 12.0. The van der Waals surface area contributed by atoms with Crippen LogP contribution in [0.25, 0.3) is 10.9 Å². The second-order valence-corrected chi connectivity index (χ2v) is 8.24. The number of benzene rings is 2. The predicted octanol–water partition coefficient (Wildman–Crippen LogP) is 4.59. The number of ether oxygens (including phenoxy) is 1. The largest absolute Gasteiger partial charge is 0.497 e. The number of hydrogen-bond donors (Lipinski definition) is 1. The van der Waals surface area contributed by atoms with E-state index in [1.165, 1.54) is 11.8 Å². The fraction of sp³-hybridized carbons (Fsp3) is 0.286. The second kappa shape index (κ2) is 9.33. The maximum Gasteiger partial charge on any atom is 0.262 e. The Labute approximate surface area is 178 Å². The number of nitrogens with one attached hydrogen (secondary N) is 1. The molecule has 1 heterocycles. The number of halogens is 1. The zero-order valence-electron chi connectivity index (χ0n) is 16.4. The van der Waals surface area contributed by atoms with Gasteiger partial charge in [-0.05, 0) is 43.7 Å². The molecule has 2 aromatic carbocycles. The van der Waals surface area contributed by atoms with E-state index in [2.05, 4.69) is 10.3 Å². The van der Waals surface area contributed by atoms with Crippen LogP contribution in [0, 0.1) is 0 Å². The Morgan fingerprint density at radius 3 is 2.83 bits per heavy atom. The molecule has 6 nitrogen and oxygen atoms in total. The van der Waals surface area contributed by atoms with Gasteiger partial charge in [-0.15, -0.1) is 0 Å². The Hall–Kier alpha value is -2.51. The van der Waals surface area contributed by atoms with E-state index in [0.29, 0.717) is 39.1 Å². The zero-order chi connectivity index (χ0) is 21.0. The van der Waals surface area contributed by atoms with Crippen LogP contribution in [0.15, 0.2) is 52.4 Å². The second-order valence-electron chi connectivity index (χ2n) is 6.49. The van der Waals surface area contributed by atoms with Crippen LogP contribution in [0.4, 0.5) is 5.69 Å². The molecule has 8 heteroatoms. The summed E-state index contributed by atoms with van der Waals surface area (Å²) >= 11 is 7.31. The maximum atomic E-state index is 12.9. The predicted molar refractivity (Wildman–Crippen MR) is 118 cm³/mol. The number of carbonyl (C=O) groups is 1. The smallest absolute Gasteiger partial charge is 0.262 e. The summed E-state index contributed by atoms with van der Waals surface area (Å²) in [5.74, 6) is 0.472. The highest BCUT2D eigenvalue weighted by molar-refractivity contribution is 8.00. The molecular weight excluding hydrogens is 410 g/mol. The fourth-order valence-electron chi connectivity index (χ4n) is 2.84. The average Bonchev–Trinajstić information content (AvgIpc) is 2.70. The Balaban J connectivity index is 1.88. The van der Waals surface area contributed by atoms with Gasteiger partial charge in [0, 0.05) is 23.3 Å². The van der Waals surface area contributed by atoms with Crippen molar-refractivity contribution in [3.8, 4) is 5.75 Å². The first kappa shape index (κ1) is 21.2. The number of anilines is 1. The minimum absolute atomic E-state index is 0.128. The molecule has 3 aromatic rings. The van der Waals surface area contributed by atoms with E-state index in [9.17, 15) is 9.59 Å². The van der Waals surface area contributed by atoms with Gasteiger partial charge >= 0.3 is 0 Å².